The van der Waals surface area contributed by atoms with Crippen molar-refractivity contribution < 1.29 is 12.8 Å². The highest BCUT2D eigenvalue weighted by molar-refractivity contribution is 7.89. The van der Waals surface area contributed by atoms with E-state index in [2.05, 4.69) is 23.6 Å². The van der Waals surface area contributed by atoms with Crippen molar-refractivity contribution in [2.24, 2.45) is 11.5 Å². The molecule has 1 saturated heterocycles. The Hall–Kier alpha value is -2.70. The molecule has 1 aliphatic rings. The fraction of sp³-hybridized carbons (Fsp3) is 0.407. The van der Waals surface area contributed by atoms with Crippen molar-refractivity contribution in [3.8, 4) is 11.3 Å². The molecule has 1 fully saturated rings. The molecule has 4 heterocycles. The SMILES string of the molecule is CCc1nc2ccc(C3CCN(S(=O)(=O)CCCN)CC3)cn2c1C(N)c1nc(-c2ccc(F)cc2)cs1. The fourth-order valence-electron chi connectivity index (χ4n) is 5.12. The summed E-state index contributed by atoms with van der Waals surface area (Å²) in [6.45, 7) is 3.46. The van der Waals surface area contributed by atoms with Gasteiger partial charge in [-0.2, -0.15) is 0 Å². The highest BCUT2D eigenvalue weighted by atomic mass is 32.2. The maximum Gasteiger partial charge on any atom is 0.214 e. The molecular weight excluding hydrogens is 523 g/mol. The van der Waals surface area contributed by atoms with Gasteiger partial charge in [-0.05, 0) is 74.0 Å². The van der Waals surface area contributed by atoms with Gasteiger partial charge in [-0.15, -0.1) is 11.3 Å². The Morgan fingerprint density at radius 2 is 1.87 bits per heavy atom. The van der Waals surface area contributed by atoms with Crippen molar-refractivity contribution in [2.45, 2.75) is 44.6 Å². The van der Waals surface area contributed by atoms with E-state index in [-0.39, 0.29) is 17.5 Å². The largest absolute Gasteiger partial charge is 0.330 e. The van der Waals surface area contributed by atoms with E-state index in [0.29, 0.717) is 26.1 Å². The summed E-state index contributed by atoms with van der Waals surface area (Å²) < 4.78 is 42.2. The first kappa shape index (κ1) is 26.9. The normalized spacial score (nSPS) is 16.3. The minimum atomic E-state index is -3.26. The molecule has 5 rings (SSSR count). The molecule has 4 aromatic rings. The number of piperidine rings is 1. The average Bonchev–Trinajstić information content (AvgIpc) is 3.57. The number of hydrogen-bond donors (Lipinski definition) is 2. The Morgan fingerprint density at radius 1 is 1.13 bits per heavy atom. The van der Waals surface area contributed by atoms with E-state index in [1.54, 1.807) is 16.4 Å². The first-order valence-corrected chi connectivity index (χ1v) is 15.4. The van der Waals surface area contributed by atoms with Crippen LogP contribution in [-0.4, -0.2) is 52.5 Å². The molecule has 11 heteroatoms. The van der Waals surface area contributed by atoms with Crippen LogP contribution in [0.15, 0.2) is 48.0 Å². The standard InChI is InChI=1S/C27H33FN6O2S2/c1-2-22-26(25(30)27-32-23(17-37-27)19-4-7-21(28)8-5-19)34-16-20(6-9-24(34)31-22)18-10-13-33(14-11-18)38(35,36)15-3-12-29/h4-9,16-18,25H,2-3,10-15,29-30H2,1H3. The van der Waals surface area contributed by atoms with Crippen molar-refractivity contribution in [1.82, 2.24) is 18.7 Å². The number of benzene rings is 1. The number of fused-ring (bicyclic) bond motifs is 1. The zero-order valence-corrected chi connectivity index (χ0v) is 23.0. The Labute approximate surface area is 226 Å². The lowest BCUT2D eigenvalue weighted by Crippen LogP contribution is -2.39. The van der Waals surface area contributed by atoms with Crippen molar-refractivity contribution in [3.63, 3.8) is 0 Å². The lowest BCUT2D eigenvalue weighted by Gasteiger charge is -2.31. The fourth-order valence-corrected chi connectivity index (χ4v) is 7.51. The van der Waals surface area contributed by atoms with Gasteiger partial charge in [0.25, 0.3) is 0 Å². The molecule has 202 valence electrons. The number of pyridine rings is 1. The maximum absolute atomic E-state index is 13.4. The first-order chi connectivity index (χ1) is 18.3. The number of hydrogen-bond acceptors (Lipinski definition) is 7. The van der Waals surface area contributed by atoms with Crippen LogP contribution < -0.4 is 11.5 Å². The van der Waals surface area contributed by atoms with E-state index in [9.17, 15) is 12.8 Å². The predicted molar refractivity (Wildman–Crippen MR) is 149 cm³/mol. The summed E-state index contributed by atoms with van der Waals surface area (Å²) in [6.07, 6.45) is 4.84. The number of halogens is 1. The van der Waals surface area contributed by atoms with Crippen LogP contribution in [0.5, 0.6) is 0 Å². The van der Waals surface area contributed by atoms with Crippen LogP contribution in [0.25, 0.3) is 16.9 Å². The van der Waals surface area contributed by atoms with Crippen LogP contribution in [0, 0.1) is 5.82 Å². The third kappa shape index (κ3) is 5.39. The molecule has 0 radical (unpaired) electrons. The molecule has 0 bridgehead atoms. The van der Waals surface area contributed by atoms with Crippen molar-refractivity contribution in [3.05, 3.63) is 75.8 Å². The van der Waals surface area contributed by atoms with Gasteiger partial charge >= 0.3 is 0 Å². The van der Waals surface area contributed by atoms with Gasteiger partial charge in [0.2, 0.25) is 10.0 Å². The molecule has 38 heavy (non-hydrogen) atoms. The topological polar surface area (TPSA) is 120 Å². The third-order valence-corrected chi connectivity index (χ3v) is 10.1. The monoisotopic (exact) mass is 556 g/mol. The van der Waals surface area contributed by atoms with Gasteiger partial charge in [0.1, 0.15) is 16.5 Å². The Balaban J connectivity index is 1.40. The maximum atomic E-state index is 13.4. The number of aryl methyl sites for hydroxylation is 1. The quantitative estimate of drug-likeness (QED) is 0.321. The third-order valence-electron chi connectivity index (χ3n) is 7.24. The van der Waals surface area contributed by atoms with Crippen LogP contribution in [0.3, 0.4) is 0 Å². The molecule has 1 aliphatic heterocycles. The smallest absolute Gasteiger partial charge is 0.214 e. The van der Waals surface area contributed by atoms with Gasteiger partial charge in [-0.25, -0.2) is 27.1 Å². The molecule has 0 amide bonds. The van der Waals surface area contributed by atoms with Crippen LogP contribution in [-0.2, 0) is 16.4 Å². The summed E-state index contributed by atoms with van der Waals surface area (Å²) in [7, 11) is -3.26. The minimum absolute atomic E-state index is 0.107. The van der Waals surface area contributed by atoms with E-state index in [4.69, 9.17) is 21.4 Å². The molecule has 0 aliphatic carbocycles. The zero-order chi connectivity index (χ0) is 26.9. The van der Waals surface area contributed by atoms with Crippen molar-refractivity contribution in [2.75, 3.05) is 25.4 Å². The van der Waals surface area contributed by atoms with Gasteiger partial charge in [0.15, 0.2) is 0 Å². The van der Waals surface area contributed by atoms with Gasteiger partial charge in [-0.1, -0.05) is 13.0 Å². The van der Waals surface area contributed by atoms with Gasteiger partial charge in [0.05, 0.1) is 28.9 Å². The average molecular weight is 557 g/mol. The molecule has 1 atom stereocenters. The van der Waals surface area contributed by atoms with E-state index >= 15 is 0 Å². The minimum Gasteiger partial charge on any atom is -0.330 e. The van der Waals surface area contributed by atoms with Gasteiger partial charge in [-0.3, -0.25) is 0 Å². The highest BCUT2D eigenvalue weighted by Crippen LogP contribution is 2.33. The molecule has 0 spiro atoms. The Kier molecular flexibility index (Phi) is 7.92. The second kappa shape index (κ2) is 11.2. The summed E-state index contributed by atoms with van der Waals surface area (Å²) >= 11 is 1.48. The van der Waals surface area contributed by atoms with Crippen LogP contribution in [0.4, 0.5) is 4.39 Å². The molecule has 4 N–H and O–H groups in total. The summed E-state index contributed by atoms with van der Waals surface area (Å²) in [5, 5.41) is 2.71. The lowest BCUT2D eigenvalue weighted by atomic mass is 9.91. The molecule has 1 unspecified atom stereocenters. The van der Waals surface area contributed by atoms with Crippen LogP contribution in [0.2, 0.25) is 0 Å². The zero-order valence-electron chi connectivity index (χ0n) is 21.4. The summed E-state index contributed by atoms with van der Waals surface area (Å²) in [5.74, 6) is 0.0753. The second-order valence-electron chi connectivity index (χ2n) is 9.68. The molecule has 8 nitrogen and oxygen atoms in total. The lowest BCUT2D eigenvalue weighted by molar-refractivity contribution is 0.319. The van der Waals surface area contributed by atoms with E-state index in [1.165, 1.54) is 23.5 Å². The van der Waals surface area contributed by atoms with Crippen molar-refractivity contribution >= 4 is 27.0 Å². The Morgan fingerprint density at radius 3 is 2.55 bits per heavy atom. The van der Waals surface area contributed by atoms with E-state index in [1.807, 2.05) is 11.4 Å². The highest BCUT2D eigenvalue weighted by Gasteiger charge is 2.29. The summed E-state index contributed by atoms with van der Waals surface area (Å²) in [5.41, 5.74) is 17.7. The first-order valence-electron chi connectivity index (χ1n) is 13.0. The van der Waals surface area contributed by atoms with Gasteiger partial charge in [0, 0.05) is 30.2 Å². The number of nitrogens with two attached hydrogens (primary N) is 2. The summed E-state index contributed by atoms with van der Waals surface area (Å²) in [4.78, 5) is 9.60. The Bertz CT molecular complexity index is 1510. The molecular formula is C27H33FN6O2S2. The molecule has 3 aromatic heterocycles. The number of nitrogens with zero attached hydrogens (tertiary/aromatic N) is 4. The number of imidazole rings is 1. The number of rotatable bonds is 9. The van der Waals surface area contributed by atoms with Gasteiger partial charge < -0.3 is 15.9 Å². The van der Waals surface area contributed by atoms with E-state index < -0.39 is 16.1 Å². The van der Waals surface area contributed by atoms with Crippen LogP contribution in [0.1, 0.15) is 60.1 Å². The van der Waals surface area contributed by atoms with Crippen molar-refractivity contribution in [1.29, 1.82) is 0 Å². The number of thiazole rings is 1. The number of aromatic nitrogens is 3. The second-order valence-corrected chi connectivity index (χ2v) is 12.7. The molecule has 0 saturated carbocycles. The molecule has 1 aromatic carbocycles. The number of sulfonamides is 1. The van der Waals surface area contributed by atoms with Crippen LogP contribution >= 0.6 is 11.3 Å². The summed E-state index contributed by atoms with van der Waals surface area (Å²) in [6, 6.07) is 9.92. The predicted octanol–water partition coefficient (Wildman–Crippen LogP) is 4.07. The van der Waals surface area contributed by atoms with E-state index in [0.717, 1.165) is 58.1 Å².